The number of nitrogens with one attached hydrogen (secondary N) is 1. The molecule has 2 aromatic heterocycles. The Morgan fingerprint density at radius 3 is 3.09 bits per heavy atom. The van der Waals surface area contributed by atoms with Gasteiger partial charge in [0, 0.05) is 31.1 Å². The lowest BCUT2D eigenvalue weighted by Crippen LogP contribution is -2.33. The number of rotatable bonds is 4. The third-order valence-corrected chi connectivity index (χ3v) is 4.35. The maximum Gasteiger partial charge on any atom is 0.223 e. The van der Waals surface area contributed by atoms with Crippen molar-refractivity contribution in [2.75, 3.05) is 0 Å². The molecule has 22 heavy (non-hydrogen) atoms. The summed E-state index contributed by atoms with van der Waals surface area (Å²) in [6.45, 7) is 2.79. The number of carbonyl (C=O) groups excluding carboxylic acids is 1. The van der Waals surface area contributed by atoms with Crippen molar-refractivity contribution in [3.63, 3.8) is 0 Å². The van der Waals surface area contributed by atoms with Crippen LogP contribution in [-0.2, 0) is 11.3 Å². The second-order valence-electron chi connectivity index (χ2n) is 6.18. The Balaban J connectivity index is 1.59. The van der Waals surface area contributed by atoms with Crippen LogP contribution in [0.15, 0.2) is 37.1 Å². The van der Waals surface area contributed by atoms with Crippen LogP contribution in [0, 0.1) is 11.8 Å². The number of aromatic nitrogens is 3. The lowest BCUT2D eigenvalue weighted by Gasteiger charge is -2.25. The summed E-state index contributed by atoms with van der Waals surface area (Å²) in [4.78, 5) is 20.6. The fraction of sp³-hybridized carbons (Fsp3) is 0.471. The minimum absolute atomic E-state index is 0.179. The van der Waals surface area contributed by atoms with Gasteiger partial charge in [0.1, 0.15) is 12.1 Å². The summed E-state index contributed by atoms with van der Waals surface area (Å²) in [5.74, 6) is 1.85. The summed E-state index contributed by atoms with van der Waals surface area (Å²) in [6, 6.07) is 3.91. The third kappa shape index (κ3) is 3.53. The normalized spacial score (nSPS) is 21.5. The number of hydrogen-bond acceptors (Lipinski definition) is 3. The third-order valence-electron chi connectivity index (χ3n) is 4.35. The van der Waals surface area contributed by atoms with Crippen LogP contribution in [0.3, 0.4) is 0 Å². The molecule has 1 N–H and O–H groups in total. The summed E-state index contributed by atoms with van der Waals surface area (Å²) in [6.07, 6.45) is 11.5. The molecule has 1 fully saturated rings. The van der Waals surface area contributed by atoms with Gasteiger partial charge in [0.25, 0.3) is 0 Å². The zero-order valence-electron chi connectivity index (χ0n) is 12.9. The summed E-state index contributed by atoms with van der Waals surface area (Å²) in [5.41, 5.74) is 1.05. The van der Waals surface area contributed by atoms with Crippen molar-refractivity contribution in [3.05, 3.63) is 42.6 Å². The summed E-state index contributed by atoms with van der Waals surface area (Å²) in [5, 5.41) is 3.07. The van der Waals surface area contributed by atoms with Crippen LogP contribution >= 0.6 is 0 Å². The van der Waals surface area contributed by atoms with Crippen molar-refractivity contribution < 1.29 is 4.79 Å². The predicted molar refractivity (Wildman–Crippen MR) is 84.3 cm³/mol. The van der Waals surface area contributed by atoms with Crippen molar-refractivity contribution in [3.8, 4) is 5.82 Å². The molecule has 1 aliphatic carbocycles. The first-order chi connectivity index (χ1) is 10.7. The molecular formula is C17H22N4O. The van der Waals surface area contributed by atoms with Gasteiger partial charge in [-0.05, 0) is 36.5 Å². The molecule has 0 radical (unpaired) electrons. The highest BCUT2D eigenvalue weighted by Gasteiger charge is 2.24. The van der Waals surface area contributed by atoms with Gasteiger partial charge in [-0.1, -0.05) is 19.8 Å². The van der Waals surface area contributed by atoms with Gasteiger partial charge in [-0.3, -0.25) is 9.36 Å². The molecule has 3 rings (SSSR count). The van der Waals surface area contributed by atoms with Crippen molar-refractivity contribution in [1.82, 2.24) is 19.9 Å². The van der Waals surface area contributed by atoms with Gasteiger partial charge in [-0.2, -0.15) is 0 Å². The van der Waals surface area contributed by atoms with Gasteiger partial charge < -0.3 is 5.32 Å². The van der Waals surface area contributed by atoms with Gasteiger partial charge >= 0.3 is 0 Å². The Bertz CT molecular complexity index is 623. The van der Waals surface area contributed by atoms with Crippen LogP contribution in [-0.4, -0.2) is 20.4 Å². The molecule has 5 heteroatoms. The molecule has 2 unspecified atom stereocenters. The van der Waals surface area contributed by atoms with E-state index >= 15 is 0 Å². The van der Waals surface area contributed by atoms with Crippen LogP contribution in [0.1, 0.15) is 38.2 Å². The maximum absolute atomic E-state index is 12.3. The lowest BCUT2D eigenvalue weighted by molar-refractivity contribution is -0.126. The second-order valence-corrected chi connectivity index (χ2v) is 6.18. The van der Waals surface area contributed by atoms with Crippen LogP contribution in [0.4, 0.5) is 0 Å². The Kier molecular flexibility index (Phi) is 4.51. The van der Waals surface area contributed by atoms with E-state index in [2.05, 4.69) is 22.2 Å². The Morgan fingerprint density at radius 2 is 2.32 bits per heavy atom. The van der Waals surface area contributed by atoms with Crippen LogP contribution in [0.25, 0.3) is 5.82 Å². The monoisotopic (exact) mass is 298 g/mol. The Morgan fingerprint density at radius 1 is 1.41 bits per heavy atom. The van der Waals surface area contributed by atoms with Crippen molar-refractivity contribution >= 4 is 5.91 Å². The number of nitrogens with zero attached hydrogens (tertiary/aromatic N) is 3. The van der Waals surface area contributed by atoms with E-state index in [1.165, 1.54) is 12.8 Å². The standard InChI is InChI=1S/C17H22N4O/c1-13-3-2-4-15(9-13)17(22)20-11-14-5-6-19-16(10-14)21-8-7-18-12-21/h5-8,10,12-13,15H,2-4,9,11H2,1H3,(H,20,22). The van der Waals surface area contributed by atoms with E-state index in [9.17, 15) is 4.79 Å². The molecule has 0 saturated heterocycles. The van der Waals surface area contributed by atoms with Gasteiger partial charge in [-0.25, -0.2) is 9.97 Å². The molecule has 1 aliphatic rings. The summed E-state index contributed by atoms with van der Waals surface area (Å²) >= 11 is 0. The van der Waals surface area contributed by atoms with E-state index in [4.69, 9.17) is 0 Å². The van der Waals surface area contributed by atoms with Gasteiger partial charge in [0.15, 0.2) is 0 Å². The van der Waals surface area contributed by atoms with E-state index in [1.54, 1.807) is 18.7 Å². The first-order valence-corrected chi connectivity index (χ1v) is 7.93. The van der Waals surface area contributed by atoms with Gasteiger partial charge in [0.2, 0.25) is 5.91 Å². The summed E-state index contributed by atoms with van der Waals surface area (Å²) in [7, 11) is 0. The van der Waals surface area contributed by atoms with Gasteiger partial charge in [0.05, 0.1) is 0 Å². The highest BCUT2D eigenvalue weighted by atomic mass is 16.1. The molecule has 0 spiro atoms. The largest absolute Gasteiger partial charge is 0.352 e. The van der Waals surface area contributed by atoms with Crippen molar-refractivity contribution in [2.45, 2.75) is 39.2 Å². The van der Waals surface area contributed by atoms with Crippen molar-refractivity contribution in [1.29, 1.82) is 0 Å². The Labute approximate surface area is 130 Å². The van der Waals surface area contributed by atoms with E-state index in [1.807, 2.05) is 22.9 Å². The molecule has 2 atom stereocenters. The fourth-order valence-corrected chi connectivity index (χ4v) is 3.11. The van der Waals surface area contributed by atoms with Crippen LogP contribution in [0.5, 0.6) is 0 Å². The lowest BCUT2D eigenvalue weighted by atomic mass is 9.82. The van der Waals surface area contributed by atoms with Crippen LogP contribution < -0.4 is 5.32 Å². The molecular weight excluding hydrogens is 276 g/mol. The first-order valence-electron chi connectivity index (χ1n) is 7.93. The molecule has 1 saturated carbocycles. The van der Waals surface area contributed by atoms with E-state index in [0.29, 0.717) is 12.5 Å². The average molecular weight is 298 g/mol. The number of imidazole rings is 1. The molecule has 0 aliphatic heterocycles. The maximum atomic E-state index is 12.3. The van der Waals surface area contributed by atoms with Gasteiger partial charge in [-0.15, -0.1) is 0 Å². The predicted octanol–water partition coefficient (Wildman–Crippen LogP) is 2.71. The molecule has 1 amide bonds. The molecule has 0 bridgehead atoms. The fourth-order valence-electron chi connectivity index (χ4n) is 3.11. The van der Waals surface area contributed by atoms with Crippen molar-refractivity contribution in [2.24, 2.45) is 11.8 Å². The zero-order valence-corrected chi connectivity index (χ0v) is 12.9. The average Bonchev–Trinajstić information content (AvgIpc) is 3.07. The van der Waals surface area contributed by atoms with Crippen LogP contribution in [0.2, 0.25) is 0 Å². The quantitative estimate of drug-likeness (QED) is 0.944. The minimum Gasteiger partial charge on any atom is -0.352 e. The van der Waals surface area contributed by atoms with E-state index < -0.39 is 0 Å². The molecule has 2 heterocycles. The Hall–Kier alpha value is -2.17. The number of amides is 1. The highest BCUT2D eigenvalue weighted by molar-refractivity contribution is 5.78. The number of pyridine rings is 1. The second kappa shape index (κ2) is 6.73. The summed E-state index contributed by atoms with van der Waals surface area (Å²) < 4.78 is 1.86. The van der Waals surface area contributed by atoms with E-state index in [0.717, 1.165) is 24.2 Å². The molecule has 0 aromatic carbocycles. The molecule has 2 aromatic rings. The number of carbonyl (C=O) groups is 1. The molecule has 5 nitrogen and oxygen atoms in total. The topological polar surface area (TPSA) is 59.8 Å². The highest BCUT2D eigenvalue weighted by Crippen LogP contribution is 2.28. The SMILES string of the molecule is CC1CCCC(C(=O)NCc2ccnc(-n3ccnc3)c2)C1. The first kappa shape index (κ1) is 14.8. The zero-order chi connectivity index (χ0) is 15.4. The smallest absolute Gasteiger partial charge is 0.223 e. The molecule has 116 valence electrons. The minimum atomic E-state index is 0.179. The number of hydrogen-bond donors (Lipinski definition) is 1. The van der Waals surface area contributed by atoms with E-state index in [-0.39, 0.29) is 11.8 Å².